The van der Waals surface area contributed by atoms with E-state index in [-0.39, 0.29) is 33.9 Å². The van der Waals surface area contributed by atoms with Gasteiger partial charge in [0.25, 0.3) is 0 Å². The highest BCUT2D eigenvalue weighted by atomic mass is 35.5. The quantitative estimate of drug-likeness (QED) is 0.320. The van der Waals surface area contributed by atoms with Crippen molar-refractivity contribution in [3.05, 3.63) is 82.5 Å². The Balaban J connectivity index is 1.81. The summed E-state index contributed by atoms with van der Waals surface area (Å²) in [4.78, 5) is 39.0. The van der Waals surface area contributed by atoms with Crippen LogP contribution in [0.25, 0.3) is 28.0 Å². The Labute approximate surface area is 235 Å². The van der Waals surface area contributed by atoms with Crippen molar-refractivity contribution < 1.29 is 18.7 Å². The number of benzene rings is 2. The van der Waals surface area contributed by atoms with Crippen molar-refractivity contribution in [1.29, 1.82) is 0 Å². The highest BCUT2D eigenvalue weighted by Gasteiger charge is 2.30. The van der Waals surface area contributed by atoms with Gasteiger partial charge < -0.3 is 19.3 Å². The molecule has 1 amide bonds. The first-order valence-corrected chi connectivity index (χ1v) is 12.9. The zero-order valence-electron chi connectivity index (χ0n) is 22.2. The van der Waals surface area contributed by atoms with Crippen LogP contribution in [0.3, 0.4) is 0 Å². The van der Waals surface area contributed by atoms with E-state index in [0.717, 1.165) is 0 Å². The maximum Gasteiger partial charge on any atom is 0.356 e. The molecule has 1 saturated heterocycles. The fourth-order valence-electron chi connectivity index (χ4n) is 5.02. The third-order valence-electron chi connectivity index (χ3n) is 6.94. The van der Waals surface area contributed by atoms with Crippen molar-refractivity contribution in [2.75, 3.05) is 38.8 Å². The van der Waals surface area contributed by atoms with Gasteiger partial charge >= 0.3 is 5.69 Å². The third-order valence-corrected chi connectivity index (χ3v) is 7.23. The van der Waals surface area contributed by atoms with Crippen LogP contribution >= 0.6 is 11.6 Å². The lowest BCUT2D eigenvalue weighted by atomic mass is 10.1. The van der Waals surface area contributed by atoms with Gasteiger partial charge in [-0.15, -0.1) is 0 Å². The number of halogens is 2. The topological polar surface area (TPSA) is 89.8 Å². The van der Waals surface area contributed by atoms with Gasteiger partial charge in [-0.25, -0.2) is 18.7 Å². The summed E-state index contributed by atoms with van der Waals surface area (Å²) in [6.07, 6.45) is 1.28. The summed E-state index contributed by atoms with van der Waals surface area (Å²) in [6, 6.07) is 12.7. The Morgan fingerprint density at radius 1 is 1.10 bits per heavy atom. The van der Waals surface area contributed by atoms with E-state index in [1.807, 2.05) is 11.8 Å². The van der Waals surface area contributed by atoms with Crippen molar-refractivity contribution in [2.45, 2.75) is 13.0 Å². The number of ether oxygens (including phenoxy) is 2. The van der Waals surface area contributed by atoms with Crippen LogP contribution in [0.5, 0.6) is 11.5 Å². The van der Waals surface area contributed by atoms with Gasteiger partial charge in [0, 0.05) is 31.2 Å². The second kappa shape index (κ2) is 11.0. The van der Waals surface area contributed by atoms with Crippen LogP contribution in [0.1, 0.15) is 6.92 Å². The van der Waals surface area contributed by atoms with Gasteiger partial charge in [0.05, 0.1) is 30.3 Å². The molecule has 4 aromatic rings. The second-order valence-corrected chi connectivity index (χ2v) is 9.67. The number of pyridine rings is 1. The molecule has 0 N–H and O–H groups in total. The Hall–Kier alpha value is -4.44. The van der Waals surface area contributed by atoms with Gasteiger partial charge in [-0.1, -0.05) is 36.4 Å². The molecule has 0 unspecified atom stereocenters. The normalized spacial score (nSPS) is 15.3. The molecule has 0 bridgehead atoms. The summed E-state index contributed by atoms with van der Waals surface area (Å²) in [7, 11) is 2.96. The molecular formula is C29H27ClFN5O4. The van der Waals surface area contributed by atoms with Crippen molar-refractivity contribution >= 4 is 34.4 Å². The van der Waals surface area contributed by atoms with Crippen LogP contribution in [-0.2, 0) is 4.79 Å². The molecule has 40 heavy (non-hydrogen) atoms. The number of carbonyl (C=O) groups is 1. The second-order valence-electron chi connectivity index (χ2n) is 9.27. The first kappa shape index (κ1) is 27.1. The minimum absolute atomic E-state index is 0.165. The molecule has 2 aromatic heterocycles. The van der Waals surface area contributed by atoms with E-state index < -0.39 is 11.5 Å². The number of anilines is 1. The predicted molar refractivity (Wildman–Crippen MR) is 152 cm³/mol. The smallest absolute Gasteiger partial charge is 0.356 e. The predicted octanol–water partition coefficient (Wildman–Crippen LogP) is 4.48. The molecular weight excluding hydrogens is 537 g/mol. The molecule has 2 aromatic carbocycles. The monoisotopic (exact) mass is 563 g/mol. The van der Waals surface area contributed by atoms with E-state index in [0.29, 0.717) is 48.0 Å². The fraction of sp³-hybridized carbons (Fsp3) is 0.241. The van der Waals surface area contributed by atoms with Gasteiger partial charge in [0.2, 0.25) is 5.91 Å². The fourth-order valence-corrected chi connectivity index (χ4v) is 5.27. The number of para-hydroxylation sites is 1. The number of hydrogen-bond acceptors (Lipinski definition) is 7. The standard InChI is InChI=1S/C29H27ClFN5O4/c1-5-24(37)34-13-14-35(17(2)16-34)27-19-15-20(30)25(18-9-6-7-10-21(18)31)32-28(19)36(29(38)33-27)26-22(39-3)11-8-12-23(26)40-4/h5-12,15,17H,1,13-14,16H2,2-4H3/t17-/m0/s1. The molecule has 0 radical (unpaired) electrons. The Bertz CT molecular complexity index is 1670. The van der Waals surface area contributed by atoms with Crippen LogP contribution in [-0.4, -0.2) is 65.2 Å². The van der Waals surface area contributed by atoms with Crippen LogP contribution in [0.2, 0.25) is 5.02 Å². The summed E-state index contributed by atoms with van der Waals surface area (Å²) in [5.41, 5.74) is 0.198. The summed E-state index contributed by atoms with van der Waals surface area (Å²) < 4.78 is 27.3. The van der Waals surface area contributed by atoms with E-state index in [9.17, 15) is 14.0 Å². The van der Waals surface area contributed by atoms with Crippen molar-refractivity contribution in [1.82, 2.24) is 19.4 Å². The molecule has 0 spiro atoms. The van der Waals surface area contributed by atoms with E-state index in [4.69, 9.17) is 26.1 Å². The minimum Gasteiger partial charge on any atom is -0.494 e. The van der Waals surface area contributed by atoms with E-state index >= 15 is 0 Å². The lowest BCUT2D eigenvalue weighted by molar-refractivity contribution is -0.126. The maximum atomic E-state index is 14.9. The molecule has 9 nitrogen and oxygen atoms in total. The molecule has 206 valence electrons. The van der Waals surface area contributed by atoms with Crippen molar-refractivity contribution in [3.63, 3.8) is 0 Å². The van der Waals surface area contributed by atoms with E-state index in [1.165, 1.54) is 30.9 Å². The number of hydrogen-bond donors (Lipinski definition) is 0. The molecule has 1 fully saturated rings. The Morgan fingerprint density at radius 2 is 1.80 bits per heavy atom. The Morgan fingerprint density at radius 3 is 2.42 bits per heavy atom. The van der Waals surface area contributed by atoms with Crippen LogP contribution in [0.15, 0.2) is 66.0 Å². The van der Waals surface area contributed by atoms with Gasteiger partial charge in [0.15, 0.2) is 5.65 Å². The number of amides is 1. The van der Waals surface area contributed by atoms with Crippen LogP contribution < -0.4 is 20.1 Å². The summed E-state index contributed by atoms with van der Waals surface area (Å²) in [5.74, 6) is 0.392. The first-order chi connectivity index (χ1) is 19.3. The highest BCUT2D eigenvalue weighted by molar-refractivity contribution is 6.33. The summed E-state index contributed by atoms with van der Waals surface area (Å²) >= 11 is 6.72. The molecule has 0 aliphatic carbocycles. The van der Waals surface area contributed by atoms with Crippen LogP contribution in [0, 0.1) is 5.82 Å². The summed E-state index contributed by atoms with van der Waals surface area (Å²) in [6.45, 7) is 6.75. The number of fused-ring (bicyclic) bond motifs is 1. The number of aromatic nitrogens is 3. The zero-order valence-corrected chi connectivity index (χ0v) is 23.0. The Kier molecular flexibility index (Phi) is 7.44. The van der Waals surface area contributed by atoms with Crippen molar-refractivity contribution in [3.8, 4) is 28.4 Å². The largest absolute Gasteiger partial charge is 0.494 e. The maximum absolute atomic E-state index is 14.9. The van der Waals surface area contributed by atoms with Gasteiger partial charge in [0.1, 0.15) is 28.8 Å². The molecule has 11 heteroatoms. The molecule has 0 saturated carbocycles. The van der Waals surface area contributed by atoms with Gasteiger partial charge in [-0.05, 0) is 43.3 Å². The molecule has 1 aliphatic rings. The number of carbonyl (C=O) groups excluding carboxylic acids is 1. The minimum atomic E-state index is -0.642. The SMILES string of the molecule is C=CC(=O)N1CCN(c2nc(=O)n(-c3c(OC)cccc3OC)c3nc(-c4ccccc4F)c(Cl)cc23)[C@@H](C)C1. The number of methoxy groups -OCH3 is 2. The molecule has 1 atom stereocenters. The van der Waals surface area contributed by atoms with Crippen LogP contribution in [0.4, 0.5) is 10.2 Å². The van der Waals surface area contributed by atoms with E-state index in [2.05, 4.69) is 11.6 Å². The molecule has 1 aliphatic heterocycles. The average Bonchev–Trinajstić information content (AvgIpc) is 2.96. The highest BCUT2D eigenvalue weighted by Crippen LogP contribution is 2.38. The van der Waals surface area contributed by atoms with Crippen molar-refractivity contribution in [2.24, 2.45) is 0 Å². The number of rotatable bonds is 6. The lowest BCUT2D eigenvalue weighted by Crippen LogP contribution is -2.54. The van der Waals surface area contributed by atoms with Gasteiger partial charge in [-0.3, -0.25) is 4.79 Å². The first-order valence-electron chi connectivity index (χ1n) is 12.6. The van der Waals surface area contributed by atoms with E-state index in [1.54, 1.807) is 47.4 Å². The molecule has 5 rings (SSSR count). The molecule has 3 heterocycles. The number of nitrogens with zero attached hydrogens (tertiary/aromatic N) is 5. The summed E-state index contributed by atoms with van der Waals surface area (Å²) in [5, 5.41) is 0.652. The lowest BCUT2D eigenvalue weighted by Gasteiger charge is -2.40. The third kappa shape index (κ3) is 4.64. The zero-order chi connectivity index (χ0) is 28.6. The average molecular weight is 564 g/mol. The number of piperazine rings is 1. The van der Waals surface area contributed by atoms with Gasteiger partial charge in [-0.2, -0.15) is 4.98 Å².